The van der Waals surface area contributed by atoms with Gasteiger partial charge in [0.25, 0.3) is 0 Å². The normalized spacial score (nSPS) is 20.1. The molecule has 118 valence electrons. The van der Waals surface area contributed by atoms with Crippen molar-refractivity contribution in [1.29, 1.82) is 0 Å². The molecule has 0 radical (unpaired) electrons. The molecule has 1 aliphatic carbocycles. The van der Waals surface area contributed by atoms with Gasteiger partial charge in [0, 0.05) is 20.1 Å². The number of hydrogen-bond donors (Lipinski definition) is 2. The van der Waals surface area contributed by atoms with Crippen LogP contribution in [0, 0.1) is 5.92 Å². The smallest absolute Gasteiger partial charge is 0.191 e. The Morgan fingerprint density at radius 2 is 2.05 bits per heavy atom. The fourth-order valence-electron chi connectivity index (χ4n) is 2.61. The van der Waals surface area contributed by atoms with Crippen LogP contribution in [0.1, 0.15) is 23.5 Å². The highest BCUT2D eigenvalue weighted by molar-refractivity contribution is 14.0. The largest absolute Gasteiger partial charge is 0.356 e. The van der Waals surface area contributed by atoms with Crippen molar-refractivity contribution in [3.05, 3.63) is 58.3 Å². The van der Waals surface area contributed by atoms with E-state index in [0.717, 1.165) is 25.0 Å². The molecule has 5 heteroatoms. The minimum absolute atomic E-state index is 0. The molecule has 1 aromatic heterocycles. The number of hydrogen-bond acceptors (Lipinski definition) is 2. The maximum Gasteiger partial charge on any atom is 0.191 e. The highest BCUT2D eigenvalue weighted by Crippen LogP contribution is 2.46. The van der Waals surface area contributed by atoms with E-state index < -0.39 is 0 Å². The van der Waals surface area contributed by atoms with Crippen LogP contribution in [0.25, 0.3) is 0 Å². The van der Waals surface area contributed by atoms with Gasteiger partial charge in [0.2, 0.25) is 0 Å². The summed E-state index contributed by atoms with van der Waals surface area (Å²) in [6, 6.07) is 12.9. The van der Waals surface area contributed by atoms with Gasteiger partial charge in [-0.3, -0.25) is 4.99 Å². The summed E-state index contributed by atoms with van der Waals surface area (Å²) in [7, 11) is 1.82. The second-order valence-electron chi connectivity index (χ2n) is 5.45. The van der Waals surface area contributed by atoms with Crippen molar-refractivity contribution in [1.82, 2.24) is 10.6 Å². The fourth-order valence-corrected chi connectivity index (χ4v) is 3.28. The highest BCUT2D eigenvalue weighted by atomic mass is 127. The Morgan fingerprint density at radius 3 is 2.73 bits per heavy atom. The van der Waals surface area contributed by atoms with Crippen molar-refractivity contribution in [2.45, 2.75) is 18.9 Å². The van der Waals surface area contributed by atoms with Crippen LogP contribution in [0.4, 0.5) is 0 Å². The van der Waals surface area contributed by atoms with E-state index in [1.165, 1.54) is 17.5 Å². The molecule has 1 saturated carbocycles. The third-order valence-corrected chi connectivity index (χ3v) is 4.68. The number of rotatable bonds is 5. The predicted octanol–water partition coefficient (Wildman–Crippen LogP) is 3.83. The zero-order valence-electron chi connectivity index (χ0n) is 12.7. The summed E-state index contributed by atoms with van der Waals surface area (Å²) in [5, 5.41) is 11.0. The molecule has 1 aromatic carbocycles. The number of guanidine groups is 1. The molecule has 3 rings (SSSR count). The number of aliphatic imine (C=N–C) groups is 1. The van der Waals surface area contributed by atoms with E-state index >= 15 is 0 Å². The predicted molar refractivity (Wildman–Crippen MR) is 105 cm³/mol. The lowest BCUT2D eigenvalue weighted by Gasteiger charge is -2.11. The average molecular weight is 427 g/mol. The second kappa shape index (κ2) is 8.53. The zero-order chi connectivity index (χ0) is 14.5. The van der Waals surface area contributed by atoms with Gasteiger partial charge in [-0.15, -0.1) is 24.0 Å². The molecule has 1 heterocycles. The Kier molecular flexibility index (Phi) is 6.70. The third kappa shape index (κ3) is 4.71. The molecule has 0 amide bonds. The standard InChI is InChI=1S/C17H21N3S.HI/c1-18-17(19-10-13-7-8-21-12-13)20-11-15-9-16(15)14-5-3-2-4-6-14;/h2-8,12,15-16H,9-11H2,1H3,(H2,18,19,20);1H. The van der Waals surface area contributed by atoms with Crippen LogP contribution in [0.3, 0.4) is 0 Å². The monoisotopic (exact) mass is 427 g/mol. The van der Waals surface area contributed by atoms with Crippen molar-refractivity contribution in [2.24, 2.45) is 10.9 Å². The van der Waals surface area contributed by atoms with Crippen LogP contribution in [0.5, 0.6) is 0 Å². The van der Waals surface area contributed by atoms with Crippen molar-refractivity contribution < 1.29 is 0 Å². The van der Waals surface area contributed by atoms with Crippen LogP contribution in [-0.4, -0.2) is 19.6 Å². The molecule has 0 saturated heterocycles. The molecule has 2 aromatic rings. The molecule has 22 heavy (non-hydrogen) atoms. The average Bonchev–Trinajstić information content (AvgIpc) is 3.12. The third-order valence-electron chi connectivity index (χ3n) is 3.95. The van der Waals surface area contributed by atoms with Gasteiger partial charge in [-0.2, -0.15) is 11.3 Å². The first kappa shape index (κ1) is 17.3. The Hall–Kier alpha value is -1.08. The maximum atomic E-state index is 4.28. The topological polar surface area (TPSA) is 36.4 Å². The fraction of sp³-hybridized carbons (Fsp3) is 0.353. The Balaban J connectivity index is 0.00000176. The van der Waals surface area contributed by atoms with Crippen molar-refractivity contribution in [2.75, 3.05) is 13.6 Å². The lowest BCUT2D eigenvalue weighted by atomic mass is 10.1. The van der Waals surface area contributed by atoms with Gasteiger partial charge in [0.05, 0.1) is 0 Å². The van der Waals surface area contributed by atoms with Crippen LogP contribution in [-0.2, 0) is 6.54 Å². The minimum atomic E-state index is 0. The summed E-state index contributed by atoms with van der Waals surface area (Å²) in [5.74, 6) is 2.33. The molecule has 0 aliphatic heterocycles. The van der Waals surface area contributed by atoms with E-state index in [-0.39, 0.29) is 24.0 Å². The van der Waals surface area contributed by atoms with E-state index in [2.05, 4.69) is 62.8 Å². The molecule has 1 fully saturated rings. The first-order chi connectivity index (χ1) is 10.4. The Bertz CT molecular complexity index is 583. The quantitative estimate of drug-likeness (QED) is 0.432. The molecule has 0 bridgehead atoms. The molecule has 2 unspecified atom stereocenters. The van der Waals surface area contributed by atoms with E-state index in [0.29, 0.717) is 5.92 Å². The number of halogens is 1. The molecule has 0 spiro atoms. The van der Waals surface area contributed by atoms with Crippen LogP contribution >= 0.6 is 35.3 Å². The lowest BCUT2D eigenvalue weighted by molar-refractivity contribution is 0.719. The summed E-state index contributed by atoms with van der Waals surface area (Å²) in [5.41, 5.74) is 2.77. The summed E-state index contributed by atoms with van der Waals surface area (Å²) in [6.45, 7) is 1.82. The van der Waals surface area contributed by atoms with Crippen molar-refractivity contribution >= 4 is 41.3 Å². The molecular weight excluding hydrogens is 405 g/mol. The second-order valence-corrected chi connectivity index (χ2v) is 6.23. The molecule has 2 atom stereocenters. The minimum Gasteiger partial charge on any atom is -0.356 e. The zero-order valence-corrected chi connectivity index (χ0v) is 15.8. The van der Waals surface area contributed by atoms with E-state index in [1.807, 2.05) is 7.05 Å². The number of nitrogens with one attached hydrogen (secondary N) is 2. The number of thiophene rings is 1. The van der Waals surface area contributed by atoms with Crippen LogP contribution in [0.15, 0.2) is 52.2 Å². The highest BCUT2D eigenvalue weighted by Gasteiger charge is 2.37. The van der Waals surface area contributed by atoms with E-state index in [1.54, 1.807) is 11.3 Å². The molecule has 1 aliphatic rings. The first-order valence-electron chi connectivity index (χ1n) is 7.37. The maximum absolute atomic E-state index is 4.28. The van der Waals surface area contributed by atoms with Gasteiger partial charge in [-0.1, -0.05) is 30.3 Å². The summed E-state index contributed by atoms with van der Waals surface area (Å²) < 4.78 is 0. The Labute approximate surface area is 153 Å². The van der Waals surface area contributed by atoms with Gasteiger partial charge in [0.15, 0.2) is 5.96 Å². The molecule has 2 N–H and O–H groups in total. The summed E-state index contributed by atoms with van der Waals surface area (Å²) in [6.07, 6.45) is 1.28. The van der Waals surface area contributed by atoms with Gasteiger partial charge < -0.3 is 10.6 Å². The lowest BCUT2D eigenvalue weighted by Crippen LogP contribution is -2.37. The van der Waals surface area contributed by atoms with Crippen molar-refractivity contribution in [3.8, 4) is 0 Å². The van der Waals surface area contributed by atoms with E-state index in [4.69, 9.17) is 0 Å². The Morgan fingerprint density at radius 1 is 1.23 bits per heavy atom. The van der Waals surface area contributed by atoms with Crippen LogP contribution < -0.4 is 10.6 Å². The van der Waals surface area contributed by atoms with Crippen LogP contribution in [0.2, 0.25) is 0 Å². The molecular formula is C17H22IN3S. The van der Waals surface area contributed by atoms with Crippen molar-refractivity contribution in [3.63, 3.8) is 0 Å². The summed E-state index contributed by atoms with van der Waals surface area (Å²) >= 11 is 1.72. The van der Waals surface area contributed by atoms with Gasteiger partial charge >= 0.3 is 0 Å². The van der Waals surface area contributed by atoms with E-state index in [9.17, 15) is 0 Å². The van der Waals surface area contributed by atoms with Gasteiger partial charge in [0.1, 0.15) is 0 Å². The molecule has 3 nitrogen and oxygen atoms in total. The summed E-state index contributed by atoms with van der Waals surface area (Å²) in [4.78, 5) is 4.28. The first-order valence-corrected chi connectivity index (χ1v) is 8.31. The van der Waals surface area contributed by atoms with Gasteiger partial charge in [-0.25, -0.2) is 0 Å². The number of benzene rings is 1. The van der Waals surface area contributed by atoms with Gasteiger partial charge in [-0.05, 0) is 46.2 Å². The SMILES string of the molecule is CN=C(NCc1ccsc1)NCC1CC1c1ccccc1.I. The number of nitrogens with zero attached hydrogens (tertiary/aromatic N) is 1.